The van der Waals surface area contributed by atoms with Gasteiger partial charge in [-0.2, -0.15) is 0 Å². The molecule has 0 spiro atoms. The second kappa shape index (κ2) is 19.3. The van der Waals surface area contributed by atoms with Crippen molar-refractivity contribution in [3.8, 4) is 5.75 Å². The summed E-state index contributed by atoms with van der Waals surface area (Å²) in [5.74, 6) is -1.28. The Labute approximate surface area is 344 Å². The van der Waals surface area contributed by atoms with Crippen LogP contribution in [0.1, 0.15) is 57.3 Å². The molecular formula is C47H57N2O7PSi. The van der Waals surface area contributed by atoms with Gasteiger partial charge >= 0.3 is 0 Å². The Kier molecular flexibility index (Phi) is 14.7. The molecule has 0 unspecified atom stereocenters. The molecule has 1 aliphatic heterocycles. The highest BCUT2D eigenvalue weighted by Crippen LogP contribution is 2.51. The van der Waals surface area contributed by atoms with Crippen LogP contribution in [-0.4, -0.2) is 79.0 Å². The van der Waals surface area contributed by atoms with Crippen molar-refractivity contribution in [2.24, 2.45) is 5.92 Å². The van der Waals surface area contributed by atoms with E-state index in [-0.39, 0.29) is 61.0 Å². The molecule has 0 aliphatic carbocycles. The molecule has 2 N–H and O–H groups in total. The van der Waals surface area contributed by atoms with Crippen molar-refractivity contribution in [1.29, 1.82) is 0 Å². The van der Waals surface area contributed by atoms with Crippen LogP contribution < -0.4 is 26.0 Å². The van der Waals surface area contributed by atoms with Gasteiger partial charge in [0.1, 0.15) is 5.75 Å². The summed E-state index contributed by atoms with van der Waals surface area (Å²) in [7, 11) is -2.38. The van der Waals surface area contributed by atoms with Crippen LogP contribution in [0.5, 0.6) is 5.75 Å². The van der Waals surface area contributed by atoms with Gasteiger partial charge in [0.2, 0.25) is 5.91 Å². The number of carbonyl (C=O) groups excluding carboxylic acids is 4. The highest BCUT2D eigenvalue weighted by molar-refractivity contribution is 7.96. The summed E-state index contributed by atoms with van der Waals surface area (Å²) in [6.45, 7) is 13.2. The van der Waals surface area contributed by atoms with E-state index in [1.165, 1.54) is 0 Å². The van der Waals surface area contributed by atoms with E-state index in [9.17, 15) is 9.59 Å². The zero-order valence-electron chi connectivity index (χ0n) is 34.5. The highest BCUT2D eigenvalue weighted by Gasteiger charge is 2.56. The van der Waals surface area contributed by atoms with Gasteiger partial charge in [0.25, 0.3) is 5.91 Å². The van der Waals surface area contributed by atoms with E-state index < -0.39 is 33.3 Å². The first-order valence-electron chi connectivity index (χ1n) is 19.9. The third kappa shape index (κ3) is 9.53. The van der Waals surface area contributed by atoms with Crippen LogP contribution in [0.4, 0.5) is 0 Å². The molecule has 9 nitrogen and oxygen atoms in total. The number of aliphatic hydroxyl groups is 1. The van der Waals surface area contributed by atoms with Crippen LogP contribution in [0.2, 0.25) is 18.1 Å². The number of nitrogens with one attached hydrogen (secondary N) is 1. The lowest BCUT2D eigenvalue weighted by Gasteiger charge is -2.53. The van der Waals surface area contributed by atoms with Gasteiger partial charge in [-0.05, 0) is 71.7 Å². The molecule has 2 amide bonds. The summed E-state index contributed by atoms with van der Waals surface area (Å²) in [6, 6.07) is 35.7. The first kappa shape index (κ1) is 44.2. The number of likely N-dealkylation sites (tertiary alicyclic amines) is 1. The molecule has 1 saturated heterocycles. The van der Waals surface area contributed by atoms with Gasteiger partial charge in [-0.15, -0.1) is 6.58 Å². The van der Waals surface area contributed by atoms with E-state index in [0.29, 0.717) is 23.2 Å². The minimum absolute atomic E-state index is 0.0536. The van der Waals surface area contributed by atoms with Crippen molar-refractivity contribution >= 4 is 59.9 Å². The Morgan fingerprint density at radius 2 is 1.40 bits per heavy atom. The number of hydrogen-bond donors (Lipinski definition) is 2. The van der Waals surface area contributed by atoms with Crippen LogP contribution >= 0.6 is 6.89 Å². The molecule has 3 atom stereocenters. The second-order valence-corrected chi connectivity index (χ2v) is 24.2. The zero-order chi connectivity index (χ0) is 42.1. The third-order valence-corrected chi connectivity index (χ3v) is 20.1. The number of allylic oxidation sites excluding steroid dienone is 1. The van der Waals surface area contributed by atoms with E-state index in [4.69, 9.17) is 14.3 Å². The number of ketones is 2. The lowest BCUT2D eigenvalue weighted by molar-refractivity contribution is -0.154. The molecule has 11 heteroatoms. The number of β-lactam (4-membered cyclic amide) rings is 1. The van der Waals surface area contributed by atoms with Crippen molar-refractivity contribution in [2.45, 2.75) is 77.2 Å². The van der Waals surface area contributed by atoms with Crippen LogP contribution in [0.25, 0.3) is 0 Å². The van der Waals surface area contributed by atoms with Crippen molar-refractivity contribution in [3.63, 3.8) is 0 Å². The first-order chi connectivity index (χ1) is 27.7. The monoisotopic (exact) mass is 820 g/mol. The lowest BCUT2D eigenvalue weighted by atomic mass is 9.79. The largest absolute Gasteiger partial charge is 0.484 e. The molecule has 306 valence electrons. The molecule has 1 fully saturated rings. The molecule has 4 aromatic carbocycles. The Hall–Kier alpha value is -4.86. The summed E-state index contributed by atoms with van der Waals surface area (Å²) >= 11 is 0. The number of aliphatic hydroxyl groups excluding tert-OH is 1. The molecule has 1 aliphatic rings. The van der Waals surface area contributed by atoms with Gasteiger partial charge in [0.05, 0.1) is 30.1 Å². The van der Waals surface area contributed by atoms with Gasteiger partial charge in [-0.1, -0.05) is 118 Å². The predicted molar refractivity (Wildman–Crippen MR) is 237 cm³/mol. The van der Waals surface area contributed by atoms with E-state index >= 15 is 9.59 Å². The van der Waals surface area contributed by atoms with Gasteiger partial charge in [0, 0.05) is 31.8 Å². The average molecular weight is 821 g/mol. The van der Waals surface area contributed by atoms with Crippen LogP contribution in [-0.2, 0) is 18.8 Å². The minimum atomic E-state index is -3.09. The van der Waals surface area contributed by atoms with Gasteiger partial charge < -0.3 is 24.5 Å². The fourth-order valence-corrected chi connectivity index (χ4v) is 13.3. The molecule has 0 saturated carbocycles. The van der Waals surface area contributed by atoms with Crippen molar-refractivity contribution in [2.75, 3.05) is 19.8 Å². The Morgan fingerprint density at radius 3 is 1.86 bits per heavy atom. The number of amides is 2. The fourth-order valence-electron chi connectivity index (χ4n) is 7.31. The number of benzene rings is 4. The van der Waals surface area contributed by atoms with Gasteiger partial charge in [-0.25, -0.2) is 0 Å². The Balaban J connectivity index is 1.71. The van der Waals surface area contributed by atoms with E-state index in [0.717, 1.165) is 15.9 Å². The standard InChI is InChI=1S/C47H57N2O7PSi/c1-8-9-25-41(51)46(57(37-19-13-10-14-20-37,38-21-15-11-16-22-38)39-23-17-12-18-24-39)49-40(44(45(49)54)34(2)56-58(6,7)47(3,4)5)32-42(52)35-26-28-36(29-27-35)55-33-43(53)48-30-31-50/h8,10-24,26-29,34,40,44,50H,1,9,25,30-33H2,2-7H3,(H,48,53)/t34-,40+,44+/m0/s1. The lowest BCUT2D eigenvalue weighted by Crippen LogP contribution is -2.69. The Morgan fingerprint density at radius 1 is 0.879 bits per heavy atom. The molecular weight excluding hydrogens is 764 g/mol. The number of Topliss-reactive ketones (excluding diaryl/α,β-unsaturated/α-hetero) is 2. The predicted octanol–water partition coefficient (Wildman–Crippen LogP) is 6.64. The summed E-state index contributed by atoms with van der Waals surface area (Å²) in [4.78, 5) is 58.5. The van der Waals surface area contributed by atoms with Crippen LogP contribution in [0.3, 0.4) is 0 Å². The summed E-state index contributed by atoms with van der Waals surface area (Å²) in [5, 5.41) is 14.1. The first-order valence-corrected chi connectivity index (χ1v) is 24.6. The number of ether oxygens (including phenoxy) is 1. The van der Waals surface area contributed by atoms with E-state index in [1.807, 2.05) is 97.9 Å². The highest BCUT2D eigenvalue weighted by atomic mass is 31.2. The maximum absolute atomic E-state index is 15.2. The summed E-state index contributed by atoms with van der Waals surface area (Å²) in [6.07, 6.45) is 1.69. The van der Waals surface area contributed by atoms with E-state index in [1.54, 1.807) is 35.2 Å². The third-order valence-electron chi connectivity index (χ3n) is 11.2. The molecule has 4 aromatic rings. The van der Waals surface area contributed by atoms with Crippen LogP contribution in [0, 0.1) is 5.92 Å². The average Bonchev–Trinajstić information content (AvgIpc) is 3.21. The van der Waals surface area contributed by atoms with Crippen LogP contribution in [0.15, 0.2) is 128 Å². The molecule has 1 heterocycles. The minimum Gasteiger partial charge on any atom is -0.484 e. The fraction of sp³-hybridized carbons (Fsp3) is 0.340. The molecule has 0 radical (unpaired) electrons. The van der Waals surface area contributed by atoms with Crippen molar-refractivity contribution in [3.05, 3.63) is 133 Å². The van der Waals surface area contributed by atoms with E-state index in [2.05, 4.69) is 45.8 Å². The number of hydrogen-bond acceptors (Lipinski definition) is 7. The summed E-state index contributed by atoms with van der Waals surface area (Å²) < 4.78 is 12.5. The topological polar surface area (TPSA) is 122 Å². The quantitative estimate of drug-likeness (QED) is 0.0358. The molecule has 58 heavy (non-hydrogen) atoms. The second-order valence-electron chi connectivity index (χ2n) is 16.2. The number of nitrogens with zero attached hydrogens (tertiary/aromatic N) is 1. The summed E-state index contributed by atoms with van der Waals surface area (Å²) in [5.41, 5.74) is 0.808. The van der Waals surface area contributed by atoms with Gasteiger partial charge in [0.15, 0.2) is 26.5 Å². The maximum atomic E-state index is 15.2. The maximum Gasteiger partial charge on any atom is 0.258 e. The van der Waals surface area contributed by atoms with Crippen molar-refractivity contribution < 1.29 is 33.4 Å². The normalized spacial score (nSPS) is 16.2. The molecule has 5 rings (SSSR count). The van der Waals surface area contributed by atoms with Crippen molar-refractivity contribution in [1.82, 2.24) is 10.2 Å². The zero-order valence-corrected chi connectivity index (χ0v) is 36.4. The number of rotatable bonds is 19. The number of carbonyl (C=O) groups is 4. The Bertz CT molecular complexity index is 2010. The molecule has 0 aromatic heterocycles. The van der Waals surface area contributed by atoms with Gasteiger partial charge in [-0.3, -0.25) is 19.2 Å². The molecule has 0 bridgehead atoms. The SMILES string of the molecule is C=CCCC(=O)C(N1C(=O)[C@H]([C@H](C)O[Si](C)(C)C(C)(C)C)[C@H]1CC(=O)c1ccc(OCC(=O)NCCO)cc1)=P(c1ccccc1)(c1ccccc1)c1ccccc1. The smallest absolute Gasteiger partial charge is 0.258 e.